The standard InChI is InChI=1S/C43H27NO2S/c45-40-33-21-9-10-22-34(33)41(46)35(40)26-31-27-37-42(47-31)44(38-25-13-15-28-14-7-8-20-32(28)38)39-24-12-11-23-36(39)43(37,29-16-3-1-4-17-29)30-18-5-2-6-19-30/h1-27H. The van der Waals surface area contributed by atoms with Gasteiger partial charge >= 0.3 is 0 Å². The van der Waals surface area contributed by atoms with Crippen molar-refractivity contribution in [1.29, 1.82) is 0 Å². The molecule has 9 rings (SSSR count). The van der Waals surface area contributed by atoms with Crippen molar-refractivity contribution >= 4 is 56.1 Å². The Labute approximate surface area is 276 Å². The quantitative estimate of drug-likeness (QED) is 0.145. The number of carbonyl (C=O) groups excluding carboxylic acids is 2. The van der Waals surface area contributed by atoms with Gasteiger partial charge in [0.2, 0.25) is 0 Å². The number of rotatable bonds is 4. The lowest BCUT2D eigenvalue weighted by molar-refractivity contribution is 0.0990. The summed E-state index contributed by atoms with van der Waals surface area (Å²) >= 11 is 1.62. The molecule has 0 amide bonds. The predicted octanol–water partition coefficient (Wildman–Crippen LogP) is 10.5. The molecule has 0 saturated heterocycles. The first-order chi connectivity index (χ1) is 23.2. The third kappa shape index (κ3) is 3.98. The monoisotopic (exact) mass is 621 g/mol. The number of thiophene rings is 1. The summed E-state index contributed by atoms with van der Waals surface area (Å²) in [5.74, 6) is -0.438. The lowest BCUT2D eigenvalue weighted by Crippen LogP contribution is -2.36. The highest BCUT2D eigenvalue weighted by Crippen LogP contribution is 2.60. The normalized spacial score (nSPS) is 14.6. The maximum absolute atomic E-state index is 13.5. The first kappa shape index (κ1) is 27.5. The van der Waals surface area contributed by atoms with E-state index in [9.17, 15) is 9.59 Å². The molecular formula is C43H27NO2S. The van der Waals surface area contributed by atoms with E-state index < -0.39 is 5.41 Å². The molecule has 47 heavy (non-hydrogen) atoms. The molecule has 6 aromatic carbocycles. The Kier molecular flexibility index (Phi) is 6.21. The lowest BCUT2D eigenvalue weighted by Gasteiger charge is -2.45. The summed E-state index contributed by atoms with van der Waals surface area (Å²) in [4.78, 5) is 30.3. The maximum Gasteiger partial charge on any atom is 0.197 e. The number of hydrogen-bond acceptors (Lipinski definition) is 4. The minimum atomic E-state index is -0.657. The van der Waals surface area contributed by atoms with Gasteiger partial charge in [0.1, 0.15) is 5.00 Å². The van der Waals surface area contributed by atoms with Gasteiger partial charge in [-0.2, -0.15) is 0 Å². The SMILES string of the molecule is O=C1C(=Cc2cc3c(s2)N(c2cccc4ccccc24)c2ccccc2C3(c2ccccc2)c2ccccc2)C(=O)c2ccccc21. The molecule has 0 radical (unpaired) electrons. The topological polar surface area (TPSA) is 37.4 Å². The number of nitrogens with zero attached hydrogens (tertiary/aromatic N) is 1. The Hall–Kier alpha value is -5.84. The second-order valence-electron chi connectivity index (χ2n) is 12.0. The van der Waals surface area contributed by atoms with Gasteiger partial charge in [-0.3, -0.25) is 9.59 Å². The Balaban J connectivity index is 1.38. The summed E-state index contributed by atoms with van der Waals surface area (Å²) < 4.78 is 0. The number of para-hydroxylation sites is 1. The Morgan fingerprint density at radius 1 is 0.532 bits per heavy atom. The van der Waals surface area contributed by atoms with Gasteiger partial charge in [-0.1, -0.05) is 140 Å². The highest BCUT2D eigenvalue weighted by Gasteiger charge is 2.48. The van der Waals surface area contributed by atoms with Crippen LogP contribution in [0.2, 0.25) is 0 Å². The smallest absolute Gasteiger partial charge is 0.197 e. The van der Waals surface area contributed by atoms with E-state index in [1.54, 1.807) is 29.5 Å². The Bertz CT molecular complexity index is 2320. The molecule has 0 saturated carbocycles. The third-order valence-electron chi connectivity index (χ3n) is 9.50. The van der Waals surface area contributed by atoms with E-state index in [0.717, 1.165) is 54.3 Å². The van der Waals surface area contributed by atoms with Crippen molar-refractivity contribution in [3.63, 3.8) is 0 Å². The molecule has 2 aliphatic rings. The first-order valence-corrected chi connectivity index (χ1v) is 16.5. The molecule has 7 aromatic rings. The molecule has 1 aromatic heterocycles. The van der Waals surface area contributed by atoms with Gasteiger partial charge in [0.05, 0.1) is 22.4 Å². The van der Waals surface area contributed by atoms with E-state index >= 15 is 0 Å². The van der Waals surface area contributed by atoms with E-state index in [1.807, 2.05) is 12.1 Å². The van der Waals surface area contributed by atoms with Crippen LogP contribution in [-0.2, 0) is 5.41 Å². The van der Waals surface area contributed by atoms with Crippen LogP contribution in [0.4, 0.5) is 16.4 Å². The molecule has 0 N–H and O–H groups in total. The average molecular weight is 622 g/mol. The molecule has 1 aliphatic carbocycles. The van der Waals surface area contributed by atoms with E-state index in [-0.39, 0.29) is 17.1 Å². The van der Waals surface area contributed by atoms with Crippen LogP contribution < -0.4 is 4.90 Å². The number of anilines is 3. The van der Waals surface area contributed by atoms with Gasteiger partial charge < -0.3 is 4.90 Å². The molecule has 1 aliphatic heterocycles. The van der Waals surface area contributed by atoms with Gasteiger partial charge in [0.25, 0.3) is 0 Å². The van der Waals surface area contributed by atoms with Crippen LogP contribution in [0.3, 0.4) is 0 Å². The fourth-order valence-corrected chi connectivity index (χ4v) is 8.69. The van der Waals surface area contributed by atoms with Gasteiger partial charge in [0.15, 0.2) is 11.6 Å². The average Bonchev–Trinajstić information content (AvgIpc) is 3.66. The molecule has 222 valence electrons. The van der Waals surface area contributed by atoms with Crippen LogP contribution >= 0.6 is 11.3 Å². The van der Waals surface area contributed by atoms with Crippen molar-refractivity contribution < 1.29 is 9.59 Å². The van der Waals surface area contributed by atoms with Gasteiger partial charge in [-0.15, -0.1) is 11.3 Å². The first-order valence-electron chi connectivity index (χ1n) is 15.7. The second kappa shape index (κ2) is 10.6. The van der Waals surface area contributed by atoms with Crippen molar-refractivity contribution in [2.45, 2.75) is 5.41 Å². The minimum absolute atomic E-state index is 0.212. The van der Waals surface area contributed by atoms with Crippen LogP contribution in [-0.4, -0.2) is 11.6 Å². The molecule has 0 bridgehead atoms. The van der Waals surface area contributed by atoms with Crippen molar-refractivity contribution in [2.75, 3.05) is 4.90 Å². The van der Waals surface area contributed by atoms with E-state index in [2.05, 4.69) is 138 Å². The predicted molar refractivity (Wildman–Crippen MR) is 191 cm³/mol. The molecule has 0 atom stereocenters. The number of allylic oxidation sites excluding steroid dienone is 1. The van der Waals surface area contributed by atoms with Crippen molar-refractivity contribution in [3.8, 4) is 0 Å². The zero-order valence-electron chi connectivity index (χ0n) is 25.3. The molecule has 2 heterocycles. The Morgan fingerprint density at radius 3 is 1.79 bits per heavy atom. The van der Waals surface area contributed by atoms with Crippen molar-refractivity contribution in [2.24, 2.45) is 0 Å². The van der Waals surface area contributed by atoms with Crippen LogP contribution in [0, 0.1) is 0 Å². The van der Waals surface area contributed by atoms with Crippen LogP contribution in [0.25, 0.3) is 16.8 Å². The van der Waals surface area contributed by atoms with Crippen LogP contribution in [0.15, 0.2) is 163 Å². The number of carbonyl (C=O) groups is 2. The molecule has 0 fully saturated rings. The fourth-order valence-electron chi connectivity index (χ4n) is 7.50. The number of Topliss-reactive ketones (excluding diaryl/α,β-unsaturated/α-hetero) is 2. The van der Waals surface area contributed by atoms with E-state index in [0.29, 0.717) is 11.1 Å². The zero-order valence-corrected chi connectivity index (χ0v) is 26.1. The molecule has 4 heteroatoms. The van der Waals surface area contributed by atoms with E-state index in [1.165, 1.54) is 0 Å². The zero-order chi connectivity index (χ0) is 31.5. The molecule has 0 spiro atoms. The minimum Gasteiger partial charge on any atom is -0.301 e. The summed E-state index contributed by atoms with van der Waals surface area (Å²) in [7, 11) is 0. The number of fused-ring (bicyclic) bond motifs is 4. The summed E-state index contributed by atoms with van der Waals surface area (Å²) in [6.45, 7) is 0. The summed E-state index contributed by atoms with van der Waals surface area (Å²) in [5, 5.41) is 3.35. The molecule has 3 nitrogen and oxygen atoms in total. The van der Waals surface area contributed by atoms with Gasteiger partial charge in [-0.05, 0) is 46.4 Å². The molecule has 0 unspecified atom stereocenters. The number of ketones is 2. The fraction of sp³-hybridized carbons (Fsp3) is 0.0233. The van der Waals surface area contributed by atoms with Crippen molar-refractivity contribution in [1.82, 2.24) is 0 Å². The third-order valence-corrected chi connectivity index (χ3v) is 10.6. The van der Waals surface area contributed by atoms with Crippen molar-refractivity contribution in [3.05, 3.63) is 202 Å². The molecular weight excluding hydrogens is 595 g/mol. The largest absolute Gasteiger partial charge is 0.301 e. The lowest BCUT2D eigenvalue weighted by atomic mass is 9.63. The summed E-state index contributed by atoms with van der Waals surface area (Å²) in [6.07, 6.45) is 1.81. The summed E-state index contributed by atoms with van der Waals surface area (Å²) in [6, 6.07) is 54.2. The second-order valence-corrected chi connectivity index (χ2v) is 13.0. The van der Waals surface area contributed by atoms with Gasteiger partial charge in [0, 0.05) is 27.0 Å². The maximum atomic E-state index is 13.5. The highest BCUT2D eigenvalue weighted by atomic mass is 32.1. The van der Waals surface area contributed by atoms with Crippen LogP contribution in [0.5, 0.6) is 0 Å². The summed E-state index contributed by atoms with van der Waals surface area (Å²) in [5.41, 5.74) is 7.22. The number of hydrogen-bond donors (Lipinski definition) is 0. The van der Waals surface area contributed by atoms with Gasteiger partial charge in [-0.25, -0.2) is 0 Å². The Morgan fingerprint density at radius 2 is 1.09 bits per heavy atom. The van der Waals surface area contributed by atoms with Crippen LogP contribution in [0.1, 0.15) is 47.8 Å². The number of benzene rings is 6. The highest BCUT2D eigenvalue weighted by molar-refractivity contribution is 7.17. The van der Waals surface area contributed by atoms with E-state index in [4.69, 9.17) is 0 Å².